The van der Waals surface area contributed by atoms with Gasteiger partial charge in [0.05, 0.1) is 12.8 Å². The topological polar surface area (TPSA) is 43.4 Å². The molecule has 0 aliphatic rings. The number of halogens is 1. The molecular formula is C16H19FN2O2. The molecule has 0 radical (unpaired) electrons. The van der Waals surface area contributed by atoms with Crippen LogP contribution in [0.25, 0.3) is 0 Å². The Balaban J connectivity index is 2.18. The van der Waals surface area contributed by atoms with E-state index in [1.54, 1.807) is 19.2 Å². The monoisotopic (exact) mass is 290 g/mol. The van der Waals surface area contributed by atoms with Crippen LogP contribution < -0.4 is 14.8 Å². The van der Waals surface area contributed by atoms with Gasteiger partial charge in [0, 0.05) is 29.9 Å². The van der Waals surface area contributed by atoms with Crippen LogP contribution in [-0.4, -0.2) is 19.1 Å². The minimum atomic E-state index is -0.373. The van der Waals surface area contributed by atoms with Crippen molar-refractivity contribution < 1.29 is 13.9 Å². The summed E-state index contributed by atoms with van der Waals surface area (Å²) in [6.45, 7) is 2.61. The lowest BCUT2D eigenvalue weighted by Gasteiger charge is -2.12. The van der Waals surface area contributed by atoms with Crippen molar-refractivity contribution in [2.24, 2.45) is 0 Å². The van der Waals surface area contributed by atoms with Crippen molar-refractivity contribution in [3.05, 3.63) is 53.1 Å². The number of para-hydroxylation sites is 1. The van der Waals surface area contributed by atoms with Crippen LogP contribution >= 0.6 is 0 Å². The van der Waals surface area contributed by atoms with Crippen LogP contribution in [0.3, 0.4) is 0 Å². The van der Waals surface area contributed by atoms with E-state index in [1.807, 2.05) is 26.1 Å². The number of hydrogen-bond donors (Lipinski definition) is 1. The highest BCUT2D eigenvalue weighted by Gasteiger charge is 2.10. The zero-order valence-corrected chi connectivity index (χ0v) is 12.4. The molecule has 1 aromatic carbocycles. The Morgan fingerprint density at radius 2 is 2.10 bits per heavy atom. The molecule has 0 spiro atoms. The molecule has 0 aliphatic heterocycles. The molecule has 0 aliphatic carbocycles. The molecule has 1 aromatic heterocycles. The number of nitrogens with one attached hydrogen (secondary N) is 1. The fraction of sp³-hybridized carbons (Fsp3) is 0.312. The zero-order chi connectivity index (χ0) is 15.2. The van der Waals surface area contributed by atoms with E-state index in [4.69, 9.17) is 9.47 Å². The van der Waals surface area contributed by atoms with E-state index in [0.717, 1.165) is 11.3 Å². The Kier molecular flexibility index (Phi) is 5.11. The van der Waals surface area contributed by atoms with Gasteiger partial charge in [0.15, 0.2) is 11.6 Å². The molecule has 0 saturated carbocycles. The summed E-state index contributed by atoms with van der Waals surface area (Å²) in [7, 11) is 3.41. The summed E-state index contributed by atoms with van der Waals surface area (Å²) in [5.41, 5.74) is 2.31. The lowest BCUT2D eigenvalue weighted by molar-refractivity contribution is 0.281. The van der Waals surface area contributed by atoms with Gasteiger partial charge in [-0.2, -0.15) is 0 Å². The Hall–Kier alpha value is -2.14. The maximum absolute atomic E-state index is 13.9. The Labute approximate surface area is 123 Å². The first kappa shape index (κ1) is 15.3. The molecular weight excluding hydrogens is 271 g/mol. The van der Waals surface area contributed by atoms with E-state index in [1.165, 1.54) is 6.07 Å². The van der Waals surface area contributed by atoms with Gasteiger partial charge in [-0.1, -0.05) is 12.1 Å². The molecule has 2 aromatic rings. The molecule has 0 unspecified atom stereocenters. The van der Waals surface area contributed by atoms with Gasteiger partial charge in [0.1, 0.15) is 12.4 Å². The minimum absolute atomic E-state index is 0.190. The van der Waals surface area contributed by atoms with E-state index >= 15 is 0 Å². The van der Waals surface area contributed by atoms with Gasteiger partial charge in [-0.25, -0.2) is 4.39 Å². The maximum Gasteiger partial charge on any atom is 0.165 e. The SMILES string of the molecule is CNCc1cccc(F)c1OCc1cc(OC)cc(C)n1. The Morgan fingerprint density at radius 1 is 1.29 bits per heavy atom. The van der Waals surface area contributed by atoms with Crippen molar-refractivity contribution in [1.82, 2.24) is 10.3 Å². The molecule has 4 nitrogen and oxygen atoms in total. The first-order valence-electron chi connectivity index (χ1n) is 6.70. The number of benzene rings is 1. The molecule has 0 fully saturated rings. The van der Waals surface area contributed by atoms with Crippen molar-refractivity contribution in [3.8, 4) is 11.5 Å². The molecule has 1 N–H and O–H groups in total. The predicted molar refractivity (Wildman–Crippen MR) is 79.0 cm³/mol. The number of nitrogens with zero attached hydrogens (tertiary/aromatic N) is 1. The van der Waals surface area contributed by atoms with Crippen LogP contribution in [0.5, 0.6) is 11.5 Å². The summed E-state index contributed by atoms with van der Waals surface area (Å²) in [6, 6.07) is 8.51. The lowest BCUT2D eigenvalue weighted by atomic mass is 10.2. The molecule has 5 heteroatoms. The van der Waals surface area contributed by atoms with Crippen LogP contribution in [0, 0.1) is 12.7 Å². The molecule has 0 amide bonds. The molecule has 21 heavy (non-hydrogen) atoms. The Bertz CT molecular complexity index is 617. The second-order valence-corrected chi connectivity index (χ2v) is 4.69. The molecule has 112 valence electrons. The predicted octanol–water partition coefficient (Wildman–Crippen LogP) is 2.84. The fourth-order valence-corrected chi connectivity index (χ4v) is 2.09. The van der Waals surface area contributed by atoms with Gasteiger partial charge in [-0.05, 0) is 20.0 Å². The fourth-order valence-electron chi connectivity index (χ4n) is 2.09. The number of pyridine rings is 1. The van der Waals surface area contributed by atoms with Crippen LogP contribution in [-0.2, 0) is 13.2 Å². The summed E-state index contributed by atoms with van der Waals surface area (Å²) < 4.78 is 24.7. The number of ether oxygens (including phenoxy) is 2. The van der Waals surface area contributed by atoms with Crippen LogP contribution in [0.15, 0.2) is 30.3 Å². The van der Waals surface area contributed by atoms with E-state index in [9.17, 15) is 4.39 Å². The minimum Gasteiger partial charge on any atom is -0.497 e. The van der Waals surface area contributed by atoms with E-state index in [-0.39, 0.29) is 18.2 Å². The number of aryl methyl sites for hydroxylation is 1. The summed E-state index contributed by atoms with van der Waals surface area (Å²) in [4.78, 5) is 4.36. The molecule has 0 bridgehead atoms. The van der Waals surface area contributed by atoms with Crippen molar-refractivity contribution >= 4 is 0 Å². The standard InChI is InChI=1S/C16H19FN2O2/c1-11-7-14(20-3)8-13(19-11)10-21-16-12(9-18-2)5-4-6-15(16)17/h4-8,18H,9-10H2,1-3H3. The zero-order valence-electron chi connectivity index (χ0n) is 12.4. The second-order valence-electron chi connectivity index (χ2n) is 4.69. The second kappa shape index (κ2) is 7.04. The van der Waals surface area contributed by atoms with Crippen molar-refractivity contribution in [2.75, 3.05) is 14.2 Å². The summed E-state index contributed by atoms with van der Waals surface area (Å²) in [6.07, 6.45) is 0. The third kappa shape index (κ3) is 3.92. The highest BCUT2D eigenvalue weighted by atomic mass is 19.1. The summed E-state index contributed by atoms with van der Waals surface area (Å²) in [5, 5.41) is 2.99. The average Bonchev–Trinajstić information content (AvgIpc) is 2.46. The summed E-state index contributed by atoms with van der Waals surface area (Å²) in [5.74, 6) is 0.599. The van der Waals surface area contributed by atoms with E-state index < -0.39 is 0 Å². The third-order valence-electron chi connectivity index (χ3n) is 3.00. The van der Waals surface area contributed by atoms with Gasteiger partial charge in [-0.15, -0.1) is 0 Å². The van der Waals surface area contributed by atoms with E-state index in [0.29, 0.717) is 18.0 Å². The van der Waals surface area contributed by atoms with E-state index in [2.05, 4.69) is 10.3 Å². The van der Waals surface area contributed by atoms with Crippen LogP contribution in [0.2, 0.25) is 0 Å². The number of rotatable bonds is 6. The molecule has 1 heterocycles. The third-order valence-corrected chi connectivity index (χ3v) is 3.00. The normalized spacial score (nSPS) is 10.5. The molecule has 0 atom stereocenters. The van der Waals surface area contributed by atoms with Crippen molar-refractivity contribution in [3.63, 3.8) is 0 Å². The average molecular weight is 290 g/mol. The van der Waals surface area contributed by atoms with Gasteiger partial charge in [0.25, 0.3) is 0 Å². The number of aromatic nitrogens is 1. The lowest BCUT2D eigenvalue weighted by Crippen LogP contribution is -2.09. The van der Waals surface area contributed by atoms with Gasteiger partial charge < -0.3 is 14.8 Å². The van der Waals surface area contributed by atoms with Crippen LogP contribution in [0.4, 0.5) is 4.39 Å². The van der Waals surface area contributed by atoms with Crippen LogP contribution in [0.1, 0.15) is 17.0 Å². The number of hydrogen-bond acceptors (Lipinski definition) is 4. The van der Waals surface area contributed by atoms with Gasteiger partial charge in [0.2, 0.25) is 0 Å². The Morgan fingerprint density at radius 3 is 2.81 bits per heavy atom. The molecule has 2 rings (SSSR count). The van der Waals surface area contributed by atoms with Crippen molar-refractivity contribution in [1.29, 1.82) is 0 Å². The van der Waals surface area contributed by atoms with Gasteiger partial charge in [-0.3, -0.25) is 4.98 Å². The summed E-state index contributed by atoms with van der Waals surface area (Å²) >= 11 is 0. The first-order valence-corrected chi connectivity index (χ1v) is 6.70. The number of methoxy groups -OCH3 is 1. The van der Waals surface area contributed by atoms with Crippen molar-refractivity contribution in [2.45, 2.75) is 20.1 Å². The quantitative estimate of drug-likeness (QED) is 0.888. The smallest absolute Gasteiger partial charge is 0.165 e. The highest BCUT2D eigenvalue weighted by molar-refractivity contribution is 5.35. The highest BCUT2D eigenvalue weighted by Crippen LogP contribution is 2.24. The first-order chi connectivity index (χ1) is 10.1. The maximum atomic E-state index is 13.9. The molecule has 0 saturated heterocycles. The largest absolute Gasteiger partial charge is 0.497 e. The van der Waals surface area contributed by atoms with Gasteiger partial charge >= 0.3 is 0 Å².